The molecule has 0 spiro atoms. The van der Waals surface area contributed by atoms with E-state index in [1.54, 1.807) is 36.2 Å². The SMILES string of the molecule is CN(CCC1CCOCC1)C(=O)C(O)c1ccccc1Cl. The second-order valence-electron chi connectivity index (χ2n) is 5.53. The van der Waals surface area contributed by atoms with Crippen molar-refractivity contribution in [3.05, 3.63) is 34.9 Å². The number of amides is 1. The van der Waals surface area contributed by atoms with Crippen LogP contribution in [0.4, 0.5) is 0 Å². The lowest BCUT2D eigenvalue weighted by Gasteiger charge is -2.26. The number of nitrogens with zero attached hydrogens (tertiary/aromatic N) is 1. The van der Waals surface area contributed by atoms with Gasteiger partial charge in [-0.05, 0) is 31.2 Å². The van der Waals surface area contributed by atoms with Gasteiger partial charge in [-0.2, -0.15) is 0 Å². The first kappa shape index (κ1) is 16.3. The number of aliphatic hydroxyl groups is 1. The van der Waals surface area contributed by atoms with E-state index in [9.17, 15) is 9.90 Å². The Balaban J connectivity index is 1.88. The lowest BCUT2D eigenvalue weighted by Crippen LogP contribution is -2.34. The molecule has 1 N–H and O–H groups in total. The molecule has 21 heavy (non-hydrogen) atoms. The van der Waals surface area contributed by atoms with Gasteiger partial charge in [0, 0.05) is 37.4 Å². The van der Waals surface area contributed by atoms with Crippen molar-refractivity contribution in [1.82, 2.24) is 4.90 Å². The molecule has 1 unspecified atom stereocenters. The first-order chi connectivity index (χ1) is 10.1. The van der Waals surface area contributed by atoms with E-state index >= 15 is 0 Å². The van der Waals surface area contributed by atoms with Crippen LogP contribution in [0.2, 0.25) is 5.02 Å². The second kappa shape index (κ2) is 7.78. The average Bonchev–Trinajstić information content (AvgIpc) is 2.52. The molecule has 1 aliphatic heterocycles. The van der Waals surface area contributed by atoms with Gasteiger partial charge in [-0.25, -0.2) is 0 Å². The van der Waals surface area contributed by atoms with Crippen molar-refractivity contribution in [3.63, 3.8) is 0 Å². The van der Waals surface area contributed by atoms with E-state index in [1.807, 2.05) is 0 Å². The molecular formula is C16H22ClNO3. The molecule has 0 radical (unpaired) electrons. The Morgan fingerprint density at radius 2 is 2.10 bits per heavy atom. The Morgan fingerprint density at radius 1 is 1.43 bits per heavy atom. The Kier molecular flexibility index (Phi) is 6.03. The van der Waals surface area contributed by atoms with E-state index in [1.165, 1.54) is 0 Å². The number of hydrogen-bond donors (Lipinski definition) is 1. The lowest BCUT2D eigenvalue weighted by atomic mass is 9.96. The number of hydrogen-bond acceptors (Lipinski definition) is 3. The molecule has 1 fully saturated rings. The highest BCUT2D eigenvalue weighted by molar-refractivity contribution is 6.31. The zero-order chi connectivity index (χ0) is 15.2. The van der Waals surface area contributed by atoms with Crippen molar-refractivity contribution in [2.24, 2.45) is 5.92 Å². The van der Waals surface area contributed by atoms with Crippen LogP contribution in [-0.4, -0.2) is 42.7 Å². The Morgan fingerprint density at radius 3 is 2.76 bits per heavy atom. The molecule has 2 rings (SSSR count). The highest BCUT2D eigenvalue weighted by Gasteiger charge is 2.24. The fourth-order valence-corrected chi connectivity index (χ4v) is 2.80. The Labute approximate surface area is 130 Å². The van der Waals surface area contributed by atoms with Crippen molar-refractivity contribution in [2.45, 2.75) is 25.4 Å². The second-order valence-corrected chi connectivity index (χ2v) is 5.94. The summed E-state index contributed by atoms with van der Waals surface area (Å²) in [6, 6.07) is 6.89. The zero-order valence-corrected chi connectivity index (χ0v) is 13.1. The van der Waals surface area contributed by atoms with Gasteiger partial charge in [0.15, 0.2) is 6.10 Å². The number of benzene rings is 1. The van der Waals surface area contributed by atoms with E-state index in [2.05, 4.69) is 0 Å². The molecule has 4 nitrogen and oxygen atoms in total. The molecule has 116 valence electrons. The summed E-state index contributed by atoms with van der Waals surface area (Å²) in [6.07, 6.45) is 1.85. The van der Waals surface area contributed by atoms with Crippen LogP contribution in [0.25, 0.3) is 0 Å². The van der Waals surface area contributed by atoms with Gasteiger partial charge in [0.05, 0.1) is 0 Å². The Hall–Kier alpha value is -1.10. The normalized spacial score (nSPS) is 17.5. The van der Waals surface area contributed by atoms with E-state index in [4.69, 9.17) is 16.3 Å². The summed E-state index contributed by atoms with van der Waals surface area (Å²) in [5.41, 5.74) is 0.460. The third-order valence-electron chi connectivity index (χ3n) is 4.02. The standard InChI is InChI=1S/C16H22ClNO3/c1-18(9-6-12-7-10-21-11-8-12)16(20)15(19)13-4-2-3-5-14(13)17/h2-5,12,15,19H,6-11H2,1H3. The first-order valence-corrected chi connectivity index (χ1v) is 7.72. The van der Waals surface area contributed by atoms with Gasteiger partial charge in [0.2, 0.25) is 0 Å². The van der Waals surface area contributed by atoms with Gasteiger partial charge in [0.25, 0.3) is 5.91 Å². The maximum Gasteiger partial charge on any atom is 0.255 e. The number of carbonyl (C=O) groups is 1. The third-order valence-corrected chi connectivity index (χ3v) is 4.37. The minimum atomic E-state index is -1.20. The number of aliphatic hydroxyl groups excluding tert-OH is 1. The van der Waals surface area contributed by atoms with Crippen LogP contribution >= 0.6 is 11.6 Å². The molecule has 0 aromatic heterocycles. The minimum absolute atomic E-state index is 0.310. The van der Waals surface area contributed by atoms with E-state index in [0.29, 0.717) is 23.0 Å². The summed E-state index contributed by atoms with van der Waals surface area (Å²) in [5, 5.41) is 10.6. The molecule has 1 saturated heterocycles. The van der Waals surface area contributed by atoms with Crippen LogP contribution in [0.1, 0.15) is 30.9 Å². The lowest BCUT2D eigenvalue weighted by molar-refractivity contribution is -0.139. The van der Waals surface area contributed by atoms with Gasteiger partial charge in [0.1, 0.15) is 0 Å². The van der Waals surface area contributed by atoms with Crippen LogP contribution in [0, 0.1) is 5.92 Å². The minimum Gasteiger partial charge on any atom is -0.381 e. The number of likely N-dealkylation sites (N-methyl/N-ethyl adjacent to an activating group) is 1. The van der Waals surface area contributed by atoms with E-state index < -0.39 is 6.10 Å². The highest BCUT2D eigenvalue weighted by Crippen LogP contribution is 2.24. The van der Waals surface area contributed by atoms with Crippen molar-refractivity contribution in [1.29, 1.82) is 0 Å². The van der Waals surface area contributed by atoms with Gasteiger partial charge < -0.3 is 14.7 Å². The van der Waals surface area contributed by atoms with Crippen LogP contribution in [0.15, 0.2) is 24.3 Å². The third kappa shape index (κ3) is 4.43. The summed E-state index contributed by atoms with van der Waals surface area (Å²) < 4.78 is 5.33. The molecule has 1 heterocycles. The summed E-state index contributed by atoms with van der Waals surface area (Å²) in [6.45, 7) is 2.26. The maximum absolute atomic E-state index is 12.3. The zero-order valence-electron chi connectivity index (χ0n) is 12.3. The largest absolute Gasteiger partial charge is 0.381 e. The molecule has 0 saturated carbocycles. The molecular weight excluding hydrogens is 290 g/mol. The highest BCUT2D eigenvalue weighted by atomic mass is 35.5. The number of ether oxygens (including phenoxy) is 1. The summed E-state index contributed by atoms with van der Waals surface area (Å²) in [4.78, 5) is 13.8. The summed E-state index contributed by atoms with van der Waals surface area (Å²) in [7, 11) is 1.72. The maximum atomic E-state index is 12.3. The average molecular weight is 312 g/mol. The molecule has 1 aromatic carbocycles. The topological polar surface area (TPSA) is 49.8 Å². The smallest absolute Gasteiger partial charge is 0.255 e. The number of rotatable bonds is 5. The molecule has 0 bridgehead atoms. The van der Waals surface area contributed by atoms with Gasteiger partial charge in [-0.15, -0.1) is 0 Å². The number of halogens is 1. The van der Waals surface area contributed by atoms with E-state index in [0.717, 1.165) is 32.5 Å². The van der Waals surface area contributed by atoms with Crippen LogP contribution in [0.3, 0.4) is 0 Å². The van der Waals surface area contributed by atoms with Crippen LogP contribution < -0.4 is 0 Å². The van der Waals surface area contributed by atoms with E-state index in [-0.39, 0.29) is 5.91 Å². The van der Waals surface area contributed by atoms with Crippen molar-refractivity contribution in [3.8, 4) is 0 Å². The molecule has 5 heteroatoms. The Bertz CT molecular complexity index is 474. The summed E-state index contributed by atoms with van der Waals surface area (Å²) >= 11 is 6.02. The molecule has 1 amide bonds. The predicted molar refractivity (Wildman–Crippen MR) is 82.2 cm³/mol. The first-order valence-electron chi connectivity index (χ1n) is 7.35. The van der Waals surface area contributed by atoms with Crippen molar-refractivity contribution >= 4 is 17.5 Å². The fraction of sp³-hybridized carbons (Fsp3) is 0.562. The van der Waals surface area contributed by atoms with Gasteiger partial charge in [-0.1, -0.05) is 29.8 Å². The molecule has 0 aliphatic carbocycles. The fourth-order valence-electron chi connectivity index (χ4n) is 2.56. The van der Waals surface area contributed by atoms with Gasteiger partial charge >= 0.3 is 0 Å². The van der Waals surface area contributed by atoms with Crippen LogP contribution in [0.5, 0.6) is 0 Å². The molecule has 1 aliphatic rings. The quantitative estimate of drug-likeness (QED) is 0.909. The van der Waals surface area contributed by atoms with Crippen LogP contribution in [-0.2, 0) is 9.53 Å². The predicted octanol–water partition coefficient (Wildman–Crippen LogP) is 2.65. The van der Waals surface area contributed by atoms with Gasteiger partial charge in [-0.3, -0.25) is 4.79 Å². The summed E-state index contributed by atoms with van der Waals surface area (Å²) in [5.74, 6) is 0.293. The monoisotopic (exact) mass is 311 g/mol. The molecule has 1 atom stereocenters. The van der Waals surface area contributed by atoms with Crippen molar-refractivity contribution < 1.29 is 14.6 Å². The number of carbonyl (C=O) groups excluding carboxylic acids is 1. The molecule has 1 aromatic rings. The van der Waals surface area contributed by atoms with Crippen molar-refractivity contribution in [2.75, 3.05) is 26.8 Å².